The Kier molecular flexibility index (Phi) is 2.90. The van der Waals surface area contributed by atoms with Crippen LogP contribution in [0.25, 0.3) is 5.69 Å². The van der Waals surface area contributed by atoms with Crippen LogP contribution in [0, 0.1) is 11.8 Å². The molecule has 0 aliphatic heterocycles. The summed E-state index contributed by atoms with van der Waals surface area (Å²) in [5.41, 5.74) is 3.62. The molecule has 94 valence electrons. The molecule has 1 heterocycles. The Labute approximate surface area is 108 Å². The van der Waals surface area contributed by atoms with Crippen molar-refractivity contribution in [1.29, 1.82) is 0 Å². The fraction of sp³-hybridized carbons (Fsp3) is 0.467. The van der Waals surface area contributed by atoms with Crippen LogP contribution in [0.2, 0.25) is 0 Å². The topological polar surface area (TPSA) is 30.7 Å². The van der Waals surface area contributed by atoms with E-state index in [2.05, 4.69) is 36.3 Å². The zero-order chi connectivity index (χ0) is 12.5. The van der Waals surface area contributed by atoms with Crippen LogP contribution in [0.5, 0.6) is 0 Å². The average molecular weight is 241 g/mol. The van der Waals surface area contributed by atoms with E-state index >= 15 is 0 Å². The van der Waals surface area contributed by atoms with Gasteiger partial charge in [-0.25, -0.2) is 4.68 Å². The van der Waals surface area contributed by atoms with Crippen LogP contribution in [0.3, 0.4) is 0 Å². The molecule has 3 rings (SSSR count). The quantitative estimate of drug-likeness (QED) is 0.809. The first kappa shape index (κ1) is 11.5. The highest BCUT2D eigenvalue weighted by atomic mass is 15.4. The minimum Gasteiger partial charge on any atom is -0.217 e. The molecule has 0 spiro atoms. The second-order valence-electron chi connectivity index (χ2n) is 5.48. The van der Waals surface area contributed by atoms with Gasteiger partial charge in [0, 0.05) is 0 Å². The highest BCUT2D eigenvalue weighted by molar-refractivity contribution is 5.33. The van der Waals surface area contributed by atoms with Gasteiger partial charge in [-0.3, -0.25) is 0 Å². The molecule has 1 unspecified atom stereocenters. The molecule has 0 fully saturated rings. The summed E-state index contributed by atoms with van der Waals surface area (Å²) in [5, 5.41) is 8.71. The summed E-state index contributed by atoms with van der Waals surface area (Å²) in [7, 11) is 0. The predicted octanol–water partition coefficient (Wildman–Crippen LogP) is 3.03. The van der Waals surface area contributed by atoms with Gasteiger partial charge in [0.15, 0.2) is 0 Å². The second-order valence-corrected chi connectivity index (χ2v) is 5.48. The van der Waals surface area contributed by atoms with Crippen molar-refractivity contribution in [2.24, 2.45) is 11.8 Å². The number of rotatable bonds is 2. The summed E-state index contributed by atoms with van der Waals surface area (Å²) >= 11 is 0. The molecule has 0 saturated carbocycles. The second kappa shape index (κ2) is 4.56. The molecule has 1 aromatic carbocycles. The minimum atomic E-state index is 0.736. The average Bonchev–Trinajstić information content (AvgIpc) is 2.82. The van der Waals surface area contributed by atoms with Crippen molar-refractivity contribution in [1.82, 2.24) is 15.0 Å². The maximum absolute atomic E-state index is 4.38. The molecule has 0 N–H and O–H groups in total. The van der Waals surface area contributed by atoms with Crippen molar-refractivity contribution in [2.45, 2.75) is 33.1 Å². The zero-order valence-electron chi connectivity index (χ0n) is 11.0. The summed E-state index contributed by atoms with van der Waals surface area (Å²) in [6.07, 6.45) is 3.44. The van der Waals surface area contributed by atoms with Crippen LogP contribution in [0.1, 0.15) is 31.7 Å². The lowest BCUT2D eigenvalue weighted by Crippen LogP contribution is -2.20. The molecule has 3 heteroatoms. The van der Waals surface area contributed by atoms with Gasteiger partial charge in [-0.2, -0.15) is 0 Å². The summed E-state index contributed by atoms with van der Waals surface area (Å²) in [6, 6.07) is 10.3. The van der Waals surface area contributed by atoms with Crippen LogP contribution in [0.15, 0.2) is 30.3 Å². The summed E-state index contributed by atoms with van der Waals surface area (Å²) in [5.74, 6) is 1.50. The van der Waals surface area contributed by atoms with Gasteiger partial charge in [0.25, 0.3) is 0 Å². The van der Waals surface area contributed by atoms with E-state index in [1.165, 1.54) is 17.8 Å². The normalized spacial score (nSPS) is 18.9. The van der Waals surface area contributed by atoms with Gasteiger partial charge < -0.3 is 0 Å². The molecule has 0 amide bonds. The molecule has 0 radical (unpaired) electrons. The first-order valence-electron chi connectivity index (χ1n) is 6.74. The SMILES string of the molecule is CC(C)C1CCc2c(nnn2-c2ccccc2)C1. The fourth-order valence-electron chi connectivity index (χ4n) is 2.76. The van der Waals surface area contributed by atoms with E-state index in [0.717, 1.165) is 30.4 Å². The fourth-order valence-corrected chi connectivity index (χ4v) is 2.76. The summed E-state index contributed by atoms with van der Waals surface area (Å²) in [6.45, 7) is 4.61. The van der Waals surface area contributed by atoms with E-state index in [-0.39, 0.29) is 0 Å². The highest BCUT2D eigenvalue weighted by Crippen LogP contribution is 2.29. The van der Waals surface area contributed by atoms with Crippen LogP contribution in [-0.4, -0.2) is 15.0 Å². The molecule has 1 aliphatic carbocycles. The smallest absolute Gasteiger partial charge is 0.0866 e. The maximum Gasteiger partial charge on any atom is 0.0866 e. The van der Waals surface area contributed by atoms with Crippen LogP contribution in [-0.2, 0) is 12.8 Å². The van der Waals surface area contributed by atoms with E-state index in [1.54, 1.807) is 0 Å². The molecule has 2 aromatic rings. The van der Waals surface area contributed by atoms with Crippen LogP contribution >= 0.6 is 0 Å². The predicted molar refractivity (Wildman–Crippen MR) is 71.7 cm³/mol. The summed E-state index contributed by atoms with van der Waals surface area (Å²) < 4.78 is 2.01. The molecule has 1 aliphatic rings. The lowest BCUT2D eigenvalue weighted by molar-refractivity contribution is 0.337. The summed E-state index contributed by atoms with van der Waals surface area (Å²) in [4.78, 5) is 0. The third-order valence-electron chi connectivity index (χ3n) is 3.99. The number of hydrogen-bond donors (Lipinski definition) is 0. The van der Waals surface area contributed by atoms with Crippen molar-refractivity contribution < 1.29 is 0 Å². The zero-order valence-corrected chi connectivity index (χ0v) is 11.0. The third-order valence-corrected chi connectivity index (χ3v) is 3.99. The van der Waals surface area contributed by atoms with Gasteiger partial charge in [-0.15, -0.1) is 5.10 Å². The van der Waals surface area contributed by atoms with Crippen molar-refractivity contribution in [2.75, 3.05) is 0 Å². The molecule has 1 atom stereocenters. The highest BCUT2D eigenvalue weighted by Gasteiger charge is 2.25. The molecular weight excluding hydrogens is 222 g/mol. The third kappa shape index (κ3) is 1.94. The number of nitrogens with zero attached hydrogens (tertiary/aromatic N) is 3. The van der Waals surface area contributed by atoms with Gasteiger partial charge in [0.2, 0.25) is 0 Å². The van der Waals surface area contributed by atoms with Crippen molar-refractivity contribution in [3.8, 4) is 5.69 Å². The Morgan fingerprint density at radius 2 is 2.00 bits per heavy atom. The molecule has 18 heavy (non-hydrogen) atoms. The van der Waals surface area contributed by atoms with E-state index in [9.17, 15) is 0 Å². The molecule has 1 aromatic heterocycles. The van der Waals surface area contributed by atoms with Crippen LogP contribution < -0.4 is 0 Å². The van der Waals surface area contributed by atoms with Crippen molar-refractivity contribution >= 4 is 0 Å². The Morgan fingerprint density at radius 3 is 2.72 bits per heavy atom. The maximum atomic E-state index is 4.38. The number of hydrogen-bond acceptors (Lipinski definition) is 2. The number of para-hydroxylation sites is 1. The van der Waals surface area contributed by atoms with E-state index in [0.29, 0.717) is 0 Å². The number of benzene rings is 1. The van der Waals surface area contributed by atoms with Gasteiger partial charge in [0.1, 0.15) is 0 Å². The first-order chi connectivity index (χ1) is 8.75. The first-order valence-corrected chi connectivity index (χ1v) is 6.74. The monoisotopic (exact) mass is 241 g/mol. The lowest BCUT2D eigenvalue weighted by atomic mass is 9.82. The number of aromatic nitrogens is 3. The van der Waals surface area contributed by atoms with E-state index in [4.69, 9.17) is 0 Å². The van der Waals surface area contributed by atoms with Gasteiger partial charge in [-0.1, -0.05) is 37.3 Å². The molecule has 3 nitrogen and oxygen atoms in total. The van der Waals surface area contributed by atoms with Crippen LogP contribution in [0.4, 0.5) is 0 Å². The Bertz CT molecular complexity index is 528. The van der Waals surface area contributed by atoms with Gasteiger partial charge in [-0.05, 0) is 43.2 Å². The molecule has 0 bridgehead atoms. The van der Waals surface area contributed by atoms with Gasteiger partial charge >= 0.3 is 0 Å². The van der Waals surface area contributed by atoms with Crippen molar-refractivity contribution in [3.05, 3.63) is 41.7 Å². The van der Waals surface area contributed by atoms with E-state index < -0.39 is 0 Å². The lowest BCUT2D eigenvalue weighted by Gasteiger charge is -2.24. The van der Waals surface area contributed by atoms with E-state index in [1.807, 2.05) is 22.9 Å². The standard InChI is InChI=1S/C15H19N3/c1-11(2)12-8-9-15-14(10-12)16-17-18(15)13-6-4-3-5-7-13/h3-7,11-12H,8-10H2,1-2H3. The van der Waals surface area contributed by atoms with Crippen molar-refractivity contribution in [3.63, 3.8) is 0 Å². The largest absolute Gasteiger partial charge is 0.217 e. The Balaban J connectivity index is 1.94. The van der Waals surface area contributed by atoms with Gasteiger partial charge in [0.05, 0.1) is 17.1 Å². The minimum absolute atomic E-state index is 0.736. The number of fused-ring (bicyclic) bond motifs is 1. The molecule has 0 saturated heterocycles. The molecular formula is C15H19N3. The Morgan fingerprint density at radius 1 is 1.22 bits per heavy atom. The Hall–Kier alpha value is -1.64.